The number of carbonyl (C=O) groups is 1. The van der Waals surface area contributed by atoms with E-state index in [-0.39, 0.29) is 5.91 Å². The van der Waals surface area contributed by atoms with Crippen LogP contribution in [0.25, 0.3) is 22.9 Å². The van der Waals surface area contributed by atoms with Crippen LogP contribution in [0.4, 0.5) is 5.82 Å². The van der Waals surface area contributed by atoms with Gasteiger partial charge in [0.15, 0.2) is 0 Å². The number of aromatic nitrogens is 3. The molecule has 1 N–H and O–H groups in total. The van der Waals surface area contributed by atoms with E-state index in [1.165, 1.54) is 0 Å². The maximum Gasteiger partial charge on any atom is 0.251 e. The first-order valence-corrected chi connectivity index (χ1v) is 11.1. The van der Waals surface area contributed by atoms with Crippen molar-refractivity contribution >= 4 is 11.7 Å². The average Bonchev–Trinajstić information content (AvgIpc) is 3.34. The predicted molar refractivity (Wildman–Crippen MR) is 129 cm³/mol. The normalized spacial score (nSPS) is 10.8. The molecule has 0 spiro atoms. The lowest BCUT2D eigenvalue weighted by atomic mass is 10.1. The first kappa shape index (κ1) is 22.2. The second kappa shape index (κ2) is 10.1. The van der Waals surface area contributed by atoms with Gasteiger partial charge in [0.1, 0.15) is 5.82 Å². The standard InChI is InChI=1S/C26H27N5O2/c1-4-31(5-2)23-15-10-19(16-27-23)17-28-24(32)20-11-13-21(14-12-20)25-29-30-26(33-25)22-9-7-6-8-18(22)3/h6-16H,4-5,17H2,1-3H3,(H,28,32). The van der Waals surface area contributed by atoms with Crippen LogP contribution in [0.1, 0.15) is 35.3 Å². The van der Waals surface area contributed by atoms with Gasteiger partial charge in [-0.05, 0) is 68.3 Å². The zero-order chi connectivity index (χ0) is 23.2. The number of pyridine rings is 1. The van der Waals surface area contributed by atoms with Gasteiger partial charge in [-0.1, -0.05) is 24.3 Å². The van der Waals surface area contributed by atoms with E-state index in [4.69, 9.17) is 4.42 Å². The van der Waals surface area contributed by atoms with E-state index in [1.54, 1.807) is 18.3 Å². The Labute approximate surface area is 193 Å². The number of rotatable bonds is 8. The first-order valence-electron chi connectivity index (χ1n) is 11.1. The van der Waals surface area contributed by atoms with E-state index in [9.17, 15) is 4.79 Å². The number of anilines is 1. The van der Waals surface area contributed by atoms with E-state index in [0.29, 0.717) is 23.9 Å². The molecule has 168 valence electrons. The maximum absolute atomic E-state index is 12.6. The van der Waals surface area contributed by atoms with E-state index in [1.807, 2.05) is 55.5 Å². The van der Waals surface area contributed by atoms with Crippen LogP contribution in [-0.4, -0.2) is 34.2 Å². The molecule has 0 unspecified atom stereocenters. The first-order chi connectivity index (χ1) is 16.1. The molecule has 4 rings (SSSR count). The van der Waals surface area contributed by atoms with Crippen molar-refractivity contribution in [1.82, 2.24) is 20.5 Å². The summed E-state index contributed by atoms with van der Waals surface area (Å²) < 4.78 is 5.85. The minimum absolute atomic E-state index is 0.152. The fourth-order valence-electron chi connectivity index (χ4n) is 3.57. The van der Waals surface area contributed by atoms with E-state index < -0.39 is 0 Å². The summed E-state index contributed by atoms with van der Waals surface area (Å²) in [7, 11) is 0. The van der Waals surface area contributed by atoms with E-state index in [2.05, 4.69) is 39.2 Å². The molecule has 0 radical (unpaired) electrons. The Morgan fingerprint density at radius 2 is 1.67 bits per heavy atom. The van der Waals surface area contributed by atoms with Crippen molar-refractivity contribution in [2.24, 2.45) is 0 Å². The fraction of sp³-hybridized carbons (Fsp3) is 0.231. The molecule has 0 aliphatic heterocycles. The number of aryl methyl sites for hydroxylation is 1. The number of nitrogens with one attached hydrogen (secondary N) is 1. The molecule has 2 aromatic carbocycles. The van der Waals surface area contributed by atoms with Crippen LogP contribution in [0, 0.1) is 6.92 Å². The summed E-state index contributed by atoms with van der Waals surface area (Å²) in [5, 5.41) is 11.3. The highest BCUT2D eigenvalue weighted by Crippen LogP contribution is 2.26. The van der Waals surface area contributed by atoms with Gasteiger partial charge >= 0.3 is 0 Å². The number of benzene rings is 2. The summed E-state index contributed by atoms with van der Waals surface area (Å²) in [6.07, 6.45) is 1.80. The Morgan fingerprint density at radius 3 is 2.33 bits per heavy atom. The zero-order valence-corrected chi connectivity index (χ0v) is 19.1. The molecule has 2 aromatic heterocycles. The minimum Gasteiger partial charge on any atom is -0.416 e. The van der Waals surface area contributed by atoms with Crippen molar-refractivity contribution in [3.63, 3.8) is 0 Å². The van der Waals surface area contributed by atoms with Gasteiger partial charge < -0.3 is 14.6 Å². The monoisotopic (exact) mass is 441 g/mol. The topological polar surface area (TPSA) is 84.2 Å². The molecule has 0 aliphatic rings. The molecule has 2 heterocycles. The number of amides is 1. The summed E-state index contributed by atoms with van der Waals surface area (Å²) in [6, 6.07) is 19.0. The Hall–Kier alpha value is -4.00. The molecular weight excluding hydrogens is 414 g/mol. The quantitative estimate of drug-likeness (QED) is 0.419. The fourth-order valence-corrected chi connectivity index (χ4v) is 3.57. The largest absolute Gasteiger partial charge is 0.416 e. The number of hydrogen-bond acceptors (Lipinski definition) is 6. The van der Waals surface area contributed by atoms with Gasteiger partial charge in [-0.2, -0.15) is 0 Å². The molecule has 0 aliphatic carbocycles. The summed E-state index contributed by atoms with van der Waals surface area (Å²) >= 11 is 0. The van der Waals surface area contributed by atoms with Gasteiger partial charge in [-0.25, -0.2) is 4.98 Å². The van der Waals surface area contributed by atoms with Gasteiger partial charge in [0.05, 0.1) is 0 Å². The highest BCUT2D eigenvalue weighted by molar-refractivity contribution is 5.94. The molecule has 0 bridgehead atoms. The molecule has 0 fully saturated rings. The number of hydrogen-bond donors (Lipinski definition) is 1. The van der Waals surface area contributed by atoms with Crippen molar-refractivity contribution in [1.29, 1.82) is 0 Å². The summed E-state index contributed by atoms with van der Waals surface area (Å²) in [5.74, 6) is 1.68. The lowest BCUT2D eigenvalue weighted by molar-refractivity contribution is 0.0951. The number of carbonyl (C=O) groups excluding carboxylic acids is 1. The van der Waals surface area contributed by atoms with E-state index in [0.717, 1.165) is 41.2 Å². The van der Waals surface area contributed by atoms with Crippen LogP contribution in [0.5, 0.6) is 0 Å². The molecule has 7 nitrogen and oxygen atoms in total. The van der Waals surface area contributed by atoms with Crippen molar-refractivity contribution < 1.29 is 9.21 Å². The smallest absolute Gasteiger partial charge is 0.251 e. The third kappa shape index (κ3) is 5.09. The molecule has 4 aromatic rings. The summed E-state index contributed by atoms with van der Waals surface area (Å²) in [4.78, 5) is 19.2. The molecule has 0 saturated carbocycles. The summed E-state index contributed by atoms with van der Waals surface area (Å²) in [5.41, 5.74) is 4.25. The van der Waals surface area contributed by atoms with Gasteiger partial charge in [-0.15, -0.1) is 10.2 Å². The SMILES string of the molecule is CCN(CC)c1ccc(CNC(=O)c2ccc(-c3nnc(-c4ccccc4C)o3)cc2)cn1. The molecule has 1 amide bonds. The van der Waals surface area contributed by atoms with Crippen molar-refractivity contribution in [3.8, 4) is 22.9 Å². The summed E-state index contributed by atoms with van der Waals surface area (Å²) in [6.45, 7) is 8.44. The Balaban J connectivity index is 1.38. The third-order valence-corrected chi connectivity index (χ3v) is 5.54. The second-order valence-corrected chi connectivity index (χ2v) is 7.68. The highest BCUT2D eigenvalue weighted by atomic mass is 16.4. The lowest BCUT2D eigenvalue weighted by Gasteiger charge is -2.19. The molecular formula is C26H27N5O2. The van der Waals surface area contributed by atoms with E-state index >= 15 is 0 Å². The van der Waals surface area contributed by atoms with Crippen molar-refractivity contribution in [2.75, 3.05) is 18.0 Å². The van der Waals surface area contributed by atoms with Crippen LogP contribution in [-0.2, 0) is 6.54 Å². The Morgan fingerprint density at radius 1 is 0.939 bits per heavy atom. The Bertz CT molecular complexity index is 1210. The maximum atomic E-state index is 12.6. The van der Waals surface area contributed by atoms with Crippen molar-refractivity contribution in [3.05, 3.63) is 83.6 Å². The molecule has 0 saturated heterocycles. The molecule has 0 atom stereocenters. The van der Waals surface area contributed by atoms with Crippen LogP contribution in [0.3, 0.4) is 0 Å². The van der Waals surface area contributed by atoms with Gasteiger partial charge in [0.2, 0.25) is 11.8 Å². The average molecular weight is 442 g/mol. The second-order valence-electron chi connectivity index (χ2n) is 7.68. The number of nitrogens with zero attached hydrogens (tertiary/aromatic N) is 4. The van der Waals surface area contributed by atoms with Gasteiger partial charge in [0, 0.05) is 42.5 Å². The van der Waals surface area contributed by atoms with Gasteiger partial charge in [0.25, 0.3) is 5.91 Å². The van der Waals surface area contributed by atoms with Crippen LogP contribution in [0.15, 0.2) is 71.3 Å². The lowest BCUT2D eigenvalue weighted by Crippen LogP contribution is -2.24. The zero-order valence-electron chi connectivity index (χ0n) is 19.1. The third-order valence-electron chi connectivity index (χ3n) is 5.54. The van der Waals surface area contributed by atoms with Crippen LogP contribution in [0.2, 0.25) is 0 Å². The predicted octanol–water partition coefficient (Wildman–Crippen LogP) is 4.88. The van der Waals surface area contributed by atoms with Crippen LogP contribution >= 0.6 is 0 Å². The van der Waals surface area contributed by atoms with Gasteiger partial charge in [-0.3, -0.25) is 4.79 Å². The molecule has 33 heavy (non-hydrogen) atoms. The highest BCUT2D eigenvalue weighted by Gasteiger charge is 2.13. The molecule has 7 heteroatoms. The Kier molecular flexibility index (Phi) is 6.78. The van der Waals surface area contributed by atoms with Crippen LogP contribution < -0.4 is 10.2 Å². The van der Waals surface area contributed by atoms with Crippen molar-refractivity contribution in [2.45, 2.75) is 27.3 Å². The minimum atomic E-state index is -0.152.